The highest BCUT2D eigenvalue weighted by atomic mass is 16.5. The fraction of sp³-hybridized carbons (Fsp3) is 0.375. The van der Waals surface area contributed by atoms with Gasteiger partial charge >= 0.3 is 0 Å². The first kappa shape index (κ1) is 21.8. The van der Waals surface area contributed by atoms with Gasteiger partial charge in [-0.1, -0.05) is 42.4 Å². The third kappa shape index (κ3) is 4.31. The number of nitrogens with zero attached hydrogens (tertiary/aromatic N) is 2. The molecule has 0 spiro atoms. The van der Waals surface area contributed by atoms with Crippen molar-refractivity contribution >= 4 is 11.8 Å². The van der Waals surface area contributed by atoms with E-state index < -0.39 is 0 Å². The maximum absolute atomic E-state index is 13.2. The van der Waals surface area contributed by atoms with Crippen LogP contribution in [0.4, 0.5) is 0 Å². The molecule has 32 heavy (non-hydrogen) atoms. The molecule has 168 valence electrons. The molecule has 1 aromatic carbocycles. The Bertz CT molecular complexity index is 1100. The Balaban J connectivity index is 1.56. The number of aryl methyl sites for hydroxylation is 2. The Kier molecular flexibility index (Phi) is 6.41. The summed E-state index contributed by atoms with van der Waals surface area (Å²) in [6.07, 6.45) is 0.757. The molecule has 0 bridgehead atoms. The van der Waals surface area contributed by atoms with Crippen molar-refractivity contribution in [3.05, 3.63) is 75.9 Å². The van der Waals surface area contributed by atoms with E-state index in [0.717, 1.165) is 28.9 Å². The maximum Gasteiger partial charge on any atom is 0.268 e. The molecular formula is C24H28N4O4. The summed E-state index contributed by atoms with van der Waals surface area (Å²) in [6, 6.07) is 11.4. The molecule has 3 aromatic rings. The number of nitrogens with one attached hydrogen (secondary N) is 2. The van der Waals surface area contributed by atoms with Gasteiger partial charge in [0.15, 0.2) is 0 Å². The molecule has 8 heteroatoms. The molecule has 0 fully saturated rings. The second-order valence-corrected chi connectivity index (χ2v) is 7.92. The smallest absolute Gasteiger partial charge is 0.268 e. The largest absolute Gasteiger partial charge is 0.373 e. The molecule has 0 radical (unpaired) electrons. The molecule has 0 unspecified atom stereocenters. The van der Waals surface area contributed by atoms with Crippen LogP contribution in [0, 0.1) is 13.8 Å². The summed E-state index contributed by atoms with van der Waals surface area (Å²) in [5.74, 6) is 0.224. The topological polar surface area (TPSA) is 98.4 Å². The van der Waals surface area contributed by atoms with Crippen LogP contribution in [0.15, 0.2) is 40.9 Å². The van der Waals surface area contributed by atoms with Crippen molar-refractivity contribution in [3.8, 4) is 0 Å². The first-order valence-electron chi connectivity index (χ1n) is 10.9. The molecule has 3 heterocycles. The first-order chi connectivity index (χ1) is 15.5. The zero-order chi connectivity index (χ0) is 22.7. The van der Waals surface area contributed by atoms with E-state index in [1.165, 1.54) is 0 Å². The summed E-state index contributed by atoms with van der Waals surface area (Å²) in [5.41, 5.74) is 4.30. The lowest BCUT2D eigenvalue weighted by atomic mass is 10.0. The molecule has 4 rings (SSSR count). The van der Waals surface area contributed by atoms with Crippen LogP contribution in [0.1, 0.15) is 68.5 Å². The highest BCUT2D eigenvalue weighted by Crippen LogP contribution is 2.23. The van der Waals surface area contributed by atoms with Crippen molar-refractivity contribution in [3.63, 3.8) is 0 Å². The van der Waals surface area contributed by atoms with Crippen molar-refractivity contribution in [2.24, 2.45) is 0 Å². The van der Waals surface area contributed by atoms with E-state index in [2.05, 4.69) is 15.8 Å². The molecule has 0 aliphatic carbocycles. The van der Waals surface area contributed by atoms with Gasteiger partial charge in [0.2, 0.25) is 0 Å². The SMILES string of the molecule is CC[C@@H](NC(=O)c1cc(C(=O)NCc2c(C)noc2C)n2c1COCC2)c1ccccc1. The molecule has 2 aromatic heterocycles. The highest BCUT2D eigenvalue weighted by molar-refractivity contribution is 6.00. The summed E-state index contributed by atoms with van der Waals surface area (Å²) in [7, 11) is 0. The van der Waals surface area contributed by atoms with Crippen LogP contribution in [-0.2, 0) is 24.4 Å². The van der Waals surface area contributed by atoms with E-state index in [1.807, 2.05) is 55.7 Å². The lowest BCUT2D eigenvalue weighted by molar-refractivity contribution is 0.0776. The fourth-order valence-corrected chi connectivity index (χ4v) is 4.07. The van der Waals surface area contributed by atoms with Crippen molar-refractivity contribution < 1.29 is 18.8 Å². The second-order valence-electron chi connectivity index (χ2n) is 7.92. The van der Waals surface area contributed by atoms with E-state index in [9.17, 15) is 9.59 Å². The van der Waals surface area contributed by atoms with Gasteiger partial charge in [0.25, 0.3) is 11.8 Å². The molecule has 1 atom stereocenters. The highest BCUT2D eigenvalue weighted by Gasteiger charge is 2.27. The Morgan fingerprint density at radius 2 is 1.97 bits per heavy atom. The number of benzene rings is 1. The minimum atomic E-state index is -0.248. The normalized spacial score (nSPS) is 14.0. The van der Waals surface area contributed by atoms with E-state index in [4.69, 9.17) is 9.26 Å². The summed E-state index contributed by atoms with van der Waals surface area (Å²) >= 11 is 0. The van der Waals surface area contributed by atoms with Crippen LogP contribution in [0.3, 0.4) is 0 Å². The number of amides is 2. The van der Waals surface area contributed by atoms with Gasteiger partial charge in [0.05, 0.1) is 36.2 Å². The number of aromatic nitrogens is 2. The van der Waals surface area contributed by atoms with E-state index in [-0.39, 0.29) is 17.9 Å². The van der Waals surface area contributed by atoms with Gasteiger partial charge in [-0.05, 0) is 31.9 Å². The lowest BCUT2D eigenvalue weighted by Gasteiger charge is -2.20. The molecule has 1 aliphatic heterocycles. The molecule has 2 N–H and O–H groups in total. The standard InChI is InChI=1S/C24H28N4O4/c1-4-20(17-8-6-5-7-9-17)26-23(29)18-12-21(28-10-11-31-14-22(18)28)24(30)25-13-19-15(2)27-32-16(19)3/h5-9,12,20H,4,10-11,13-14H2,1-3H3,(H,25,30)(H,26,29)/t20-/m1/s1. The summed E-state index contributed by atoms with van der Waals surface area (Å²) < 4.78 is 12.6. The zero-order valence-electron chi connectivity index (χ0n) is 18.6. The van der Waals surface area contributed by atoms with Crippen molar-refractivity contribution in [2.75, 3.05) is 6.61 Å². The van der Waals surface area contributed by atoms with Crippen molar-refractivity contribution in [1.29, 1.82) is 0 Å². The number of rotatable bonds is 7. The number of fused-ring (bicyclic) bond motifs is 1. The van der Waals surface area contributed by atoms with Crippen LogP contribution < -0.4 is 10.6 Å². The average molecular weight is 437 g/mol. The zero-order valence-corrected chi connectivity index (χ0v) is 18.6. The van der Waals surface area contributed by atoms with Crippen LogP contribution >= 0.6 is 0 Å². The molecule has 2 amide bonds. The number of ether oxygens (including phenoxy) is 1. The molecule has 0 saturated carbocycles. The third-order valence-electron chi connectivity index (χ3n) is 5.91. The average Bonchev–Trinajstić information content (AvgIpc) is 3.36. The predicted molar refractivity (Wildman–Crippen MR) is 118 cm³/mol. The van der Waals surface area contributed by atoms with Gasteiger partial charge < -0.3 is 24.5 Å². The monoisotopic (exact) mass is 436 g/mol. The molecular weight excluding hydrogens is 408 g/mol. The van der Waals surface area contributed by atoms with Crippen LogP contribution in [-0.4, -0.2) is 28.1 Å². The van der Waals surface area contributed by atoms with Crippen LogP contribution in [0.25, 0.3) is 0 Å². The fourth-order valence-electron chi connectivity index (χ4n) is 4.07. The second kappa shape index (κ2) is 9.40. The van der Waals surface area contributed by atoms with Gasteiger partial charge in [-0.3, -0.25) is 9.59 Å². The van der Waals surface area contributed by atoms with Crippen LogP contribution in [0.5, 0.6) is 0 Å². The summed E-state index contributed by atoms with van der Waals surface area (Å²) in [6.45, 7) is 7.31. The minimum absolute atomic E-state index is 0.111. The van der Waals surface area contributed by atoms with Crippen molar-refractivity contribution in [2.45, 2.75) is 52.9 Å². The van der Waals surface area contributed by atoms with Crippen LogP contribution in [0.2, 0.25) is 0 Å². The minimum Gasteiger partial charge on any atom is -0.373 e. The quantitative estimate of drug-likeness (QED) is 0.591. The Hall–Kier alpha value is -3.39. The van der Waals surface area contributed by atoms with Gasteiger partial charge in [-0.25, -0.2) is 0 Å². The maximum atomic E-state index is 13.2. The van der Waals surface area contributed by atoms with E-state index >= 15 is 0 Å². The van der Waals surface area contributed by atoms with Gasteiger partial charge in [0.1, 0.15) is 11.5 Å². The number of hydrogen-bond acceptors (Lipinski definition) is 5. The summed E-state index contributed by atoms with van der Waals surface area (Å²) in [4.78, 5) is 26.2. The van der Waals surface area contributed by atoms with Gasteiger partial charge in [-0.15, -0.1) is 0 Å². The molecule has 1 aliphatic rings. The number of carbonyl (C=O) groups excluding carboxylic acids is 2. The number of carbonyl (C=O) groups is 2. The summed E-state index contributed by atoms with van der Waals surface area (Å²) in [5, 5.41) is 9.97. The third-order valence-corrected chi connectivity index (χ3v) is 5.91. The number of hydrogen-bond donors (Lipinski definition) is 2. The van der Waals surface area contributed by atoms with Gasteiger partial charge in [-0.2, -0.15) is 0 Å². The van der Waals surface area contributed by atoms with E-state index in [0.29, 0.717) is 43.3 Å². The van der Waals surface area contributed by atoms with Crippen molar-refractivity contribution in [1.82, 2.24) is 20.4 Å². The lowest BCUT2D eigenvalue weighted by Crippen LogP contribution is -2.30. The van der Waals surface area contributed by atoms with E-state index in [1.54, 1.807) is 6.07 Å². The van der Waals surface area contributed by atoms with Gasteiger partial charge in [0, 0.05) is 18.7 Å². The Morgan fingerprint density at radius 1 is 1.19 bits per heavy atom. The Morgan fingerprint density at radius 3 is 2.66 bits per heavy atom. The first-order valence-corrected chi connectivity index (χ1v) is 10.9. The predicted octanol–water partition coefficient (Wildman–Crippen LogP) is 3.43. The molecule has 8 nitrogen and oxygen atoms in total. The Labute approximate surface area is 186 Å². The molecule has 0 saturated heterocycles.